The number of benzene rings is 12. The molecule has 4 heterocycles. The monoisotopic (exact) mass is 1830 g/mol. The van der Waals surface area contributed by atoms with Gasteiger partial charge in [-0.25, -0.2) is 24.3 Å². The molecule has 0 atom stereocenters. The quantitative estimate of drug-likeness (QED) is 0.165. The van der Waals surface area contributed by atoms with Crippen molar-refractivity contribution in [2.45, 2.75) is 314 Å². The number of pyridine rings is 1. The van der Waals surface area contributed by atoms with Gasteiger partial charge in [0.25, 0.3) is 0 Å². The molecule has 0 bridgehead atoms. The van der Waals surface area contributed by atoms with Crippen molar-refractivity contribution in [3.63, 3.8) is 0 Å². The summed E-state index contributed by atoms with van der Waals surface area (Å²) >= 11 is 1.78. The van der Waals surface area contributed by atoms with Crippen molar-refractivity contribution in [3.8, 4) is 66.2 Å². The molecule has 4 aromatic heterocycles. The van der Waals surface area contributed by atoms with Gasteiger partial charge in [0.1, 0.15) is 16.6 Å². The highest BCUT2D eigenvalue weighted by Gasteiger charge is 2.26. The first kappa shape index (κ1) is 105. The topological polar surface area (TPSA) is 77.3 Å². The molecule has 136 heavy (non-hydrogen) atoms. The van der Waals surface area contributed by atoms with Crippen LogP contribution >= 0.6 is 11.3 Å². The van der Waals surface area contributed by atoms with Gasteiger partial charge in [-0.1, -0.05) is 462 Å². The minimum Gasteiger partial charge on any atom is -0.253 e. The van der Waals surface area contributed by atoms with Gasteiger partial charge in [0.15, 0.2) is 0 Å². The lowest BCUT2D eigenvalue weighted by atomic mass is 9.84. The van der Waals surface area contributed by atoms with E-state index in [0.29, 0.717) is 0 Å². The summed E-state index contributed by atoms with van der Waals surface area (Å²) < 4.78 is 15.6. The SMILES string of the molecule is CC(C)(C)c1ccc(-c2ccc(C(C)(C)C)c(F)c2)cc1.CC(C)(C)c1ccc(-c2ccc3nc(C(C)(C)C)ccc3c2)cc1.CC(C)(C)c1ccc(-c2ccc3nc(C(C)(C)C)cnc3c2)cc1.CC(C)(C)c1ccc(-c2ccc3nc(C(C)(C)C)ncc3c2)cc1.CC(C)(C)c1ccc(-c2cccc(C(C)(C)C)c2)cc1.CC(C)(C)c1ccc(-c2nc3ccc(C(C)(C)C)cc3s2)cc1. The van der Waals surface area contributed by atoms with E-state index in [2.05, 4.69) is 493 Å². The zero-order chi connectivity index (χ0) is 100. The smallest absolute Gasteiger partial charge is 0.134 e. The van der Waals surface area contributed by atoms with Gasteiger partial charge < -0.3 is 0 Å². The van der Waals surface area contributed by atoms with Crippen LogP contribution in [-0.2, 0) is 65.0 Å². The number of hydrogen-bond acceptors (Lipinski definition) is 7. The molecule has 16 rings (SSSR count). The summed E-state index contributed by atoms with van der Waals surface area (Å²) in [6, 6.07) is 97.5. The number of thiazole rings is 1. The summed E-state index contributed by atoms with van der Waals surface area (Å²) in [6.07, 6.45) is 3.84. The lowest BCUT2D eigenvalue weighted by Crippen LogP contribution is -2.15. The molecule has 0 aliphatic carbocycles. The Kier molecular flexibility index (Phi) is 31.4. The Balaban J connectivity index is 0.000000157. The Morgan fingerprint density at radius 3 is 0.904 bits per heavy atom. The molecule has 0 unspecified atom stereocenters. The fourth-order valence-corrected chi connectivity index (χ4v) is 16.8. The van der Waals surface area contributed by atoms with E-state index < -0.39 is 0 Å². The van der Waals surface area contributed by atoms with Crippen LogP contribution in [0.25, 0.3) is 109 Å². The second-order valence-electron chi connectivity index (χ2n) is 49.5. The number of hydrogen-bond donors (Lipinski definition) is 0. The van der Waals surface area contributed by atoms with E-state index >= 15 is 0 Å². The summed E-state index contributed by atoms with van der Waals surface area (Å²) in [7, 11) is 0. The minimum atomic E-state index is -0.168. The second-order valence-corrected chi connectivity index (χ2v) is 50.5. The highest BCUT2D eigenvalue weighted by atomic mass is 32.1. The number of aromatic nitrogens is 6. The van der Waals surface area contributed by atoms with Crippen LogP contribution in [0, 0.1) is 5.82 Å². The maximum absolute atomic E-state index is 14.3. The molecule has 0 aliphatic heterocycles. The first-order chi connectivity index (χ1) is 62.8. The van der Waals surface area contributed by atoms with E-state index in [4.69, 9.17) is 19.9 Å². The average molecular weight is 1830 g/mol. The minimum absolute atomic E-state index is 0.0165. The Morgan fingerprint density at radius 1 is 0.199 bits per heavy atom. The van der Waals surface area contributed by atoms with Crippen LogP contribution in [0.3, 0.4) is 0 Å². The number of halogens is 1. The van der Waals surface area contributed by atoms with Crippen LogP contribution in [0.4, 0.5) is 4.39 Å². The predicted molar refractivity (Wildman–Crippen MR) is 590 cm³/mol. The van der Waals surface area contributed by atoms with Gasteiger partial charge in [-0.05, 0) is 215 Å². The molecule has 0 saturated heterocycles. The molecular formula is C128H155FN6S. The highest BCUT2D eigenvalue weighted by Crippen LogP contribution is 2.40. The third kappa shape index (κ3) is 27.9. The zero-order valence-corrected chi connectivity index (χ0v) is 89.9. The summed E-state index contributed by atoms with van der Waals surface area (Å²) in [4.78, 5) is 28.3. The van der Waals surface area contributed by atoms with Crippen molar-refractivity contribution in [2.75, 3.05) is 0 Å². The lowest BCUT2D eigenvalue weighted by molar-refractivity contribution is 0.523. The second kappa shape index (κ2) is 40.7. The van der Waals surface area contributed by atoms with Gasteiger partial charge in [0.2, 0.25) is 0 Å². The Bertz CT molecular complexity index is 6390. The molecule has 0 spiro atoms. The normalized spacial score (nSPS) is 12.6. The molecule has 6 nitrogen and oxygen atoms in total. The molecule has 8 heteroatoms. The summed E-state index contributed by atoms with van der Waals surface area (Å²) in [6.45, 7) is 79.4. The molecule has 0 N–H and O–H groups in total. The van der Waals surface area contributed by atoms with Crippen molar-refractivity contribution in [3.05, 3.63) is 358 Å². The van der Waals surface area contributed by atoms with E-state index in [1.165, 1.54) is 105 Å². The van der Waals surface area contributed by atoms with Crippen molar-refractivity contribution < 1.29 is 4.39 Å². The maximum atomic E-state index is 14.3. The van der Waals surface area contributed by atoms with Gasteiger partial charge in [0.05, 0.1) is 38.0 Å². The van der Waals surface area contributed by atoms with Crippen LogP contribution in [-0.4, -0.2) is 29.9 Å². The van der Waals surface area contributed by atoms with Crippen LogP contribution in [0.15, 0.2) is 285 Å². The van der Waals surface area contributed by atoms with Crippen LogP contribution in [0.2, 0.25) is 0 Å². The summed E-state index contributed by atoms with van der Waals surface area (Å²) in [5.74, 6) is 0.761. The summed E-state index contributed by atoms with van der Waals surface area (Å²) in [5.41, 5.74) is 33.3. The molecule has 0 fully saturated rings. The van der Waals surface area contributed by atoms with Crippen molar-refractivity contribution >= 4 is 54.4 Å². The third-order valence-corrected chi connectivity index (χ3v) is 26.3. The van der Waals surface area contributed by atoms with Gasteiger partial charge in [-0.2, -0.15) is 0 Å². The van der Waals surface area contributed by atoms with Gasteiger partial charge in [-0.15, -0.1) is 11.3 Å². The zero-order valence-electron chi connectivity index (χ0n) is 89.1. The van der Waals surface area contributed by atoms with Crippen molar-refractivity contribution in [2.24, 2.45) is 0 Å². The Hall–Kier alpha value is -11.5. The van der Waals surface area contributed by atoms with E-state index in [9.17, 15) is 4.39 Å². The van der Waals surface area contributed by atoms with Crippen molar-refractivity contribution in [1.29, 1.82) is 0 Å². The first-order valence-corrected chi connectivity index (χ1v) is 49.6. The van der Waals surface area contributed by atoms with E-state index in [-0.39, 0.29) is 70.8 Å². The van der Waals surface area contributed by atoms with E-state index in [1.54, 1.807) is 17.4 Å². The molecule has 710 valence electrons. The van der Waals surface area contributed by atoms with Crippen molar-refractivity contribution in [1.82, 2.24) is 29.9 Å². The maximum Gasteiger partial charge on any atom is 0.134 e. The lowest BCUT2D eigenvalue weighted by Gasteiger charge is -2.21. The molecule has 12 aromatic carbocycles. The first-order valence-electron chi connectivity index (χ1n) is 48.8. The molecule has 0 amide bonds. The predicted octanol–water partition coefficient (Wildman–Crippen LogP) is 36.9. The number of rotatable bonds is 6. The molecular weight excluding hydrogens is 1670 g/mol. The molecule has 16 aromatic rings. The standard InChI is InChI=1S/C23H27N.2C22H26N2.C21H25NS.C20H25F.C20H26/c1-22(2,3)19-11-7-16(8-12-19)17-9-13-20-18(15-17)10-14-21(24-20)23(4,5)6;1-21(2,3)18-10-7-15(8-11-18)16-9-12-19-17(13-16)14-23-20(24-19)22(4,5)6;1-21(2,3)17-10-7-15(8-11-17)16-9-12-18-19(13-16)23-14-20(24-18)22(4,5)6;1-20(2,3)15-9-7-14(8-10-15)19-22-17-12-11-16(21(4,5)6)13-18(17)23-19;1-19(2,3)16-10-7-14(8-11-16)15-9-12-17(18(21)13-15)20(4,5)6;1-19(2,3)17-12-10-15(11-13-17)16-8-7-9-18(14-16)20(4,5)6/h7-15H,1-6H3;2*7-14H,1-6H3;7-13H,1-6H3;7-13H,1-6H3;7-14H,1-6H3. The van der Waals surface area contributed by atoms with Crippen LogP contribution in [0.1, 0.15) is 317 Å². The van der Waals surface area contributed by atoms with Gasteiger partial charge in [-0.3, -0.25) is 9.97 Å². The van der Waals surface area contributed by atoms with Crippen LogP contribution < -0.4 is 0 Å². The average Bonchev–Trinajstić information content (AvgIpc) is 1.60. The van der Waals surface area contributed by atoms with Gasteiger partial charge in [0, 0.05) is 50.7 Å². The number of fused-ring (bicyclic) bond motifs is 4. The van der Waals surface area contributed by atoms with Gasteiger partial charge >= 0.3 is 0 Å². The fourth-order valence-electron chi connectivity index (χ4n) is 15.8. The molecule has 0 radical (unpaired) electrons. The number of nitrogens with zero attached hydrogens (tertiary/aromatic N) is 6. The highest BCUT2D eigenvalue weighted by molar-refractivity contribution is 7.21. The largest absolute Gasteiger partial charge is 0.253 e. The molecule has 0 saturated carbocycles. The van der Waals surface area contributed by atoms with E-state index in [1.807, 2.05) is 45.3 Å². The summed E-state index contributed by atoms with van der Waals surface area (Å²) in [5, 5.41) is 3.38. The molecule has 0 aliphatic rings. The Labute approximate surface area is 821 Å². The fraction of sp³-hybridized carbons (Fsp3) is 0.375. The van der Waals surface area contributed by atoms with Crippen LogP contribution in [0.5, 0.6) is 0 Å². The van der Waals surface area contributed by atoms with E-state index in [0.717, 1.165) is 71.9 Å². The Morgan fingerprint density at radius 2 is 0.522 bits per heavy atom. The third-order valence-electron chi connectivity index (χ3n) is 25.2.